The molecule has 1 aromatic heterocycles. The molecule has 1 aromatic rings. The average molecular weight is 334 g/mol. The summed E-state index contributed by atoms with van der Waals surface area (Å²) < 4.78 is 0. The summed E-state index contributed by atoms with van der Waals surface area (Å²) in [5, 5.41) is 5.16. The summed E-state index contributed by atoms with van der Waals surface area (Å²) in [5.74, 6) is 0.0121. The van der Waals surface area contributed by atoms with Crippen LogP contribution in [0.2, 0.25) is 0 Å². The zero-order valence-electron chi connectivity index (χ0n) is 13.6. The SMILES string of the molecule is C[C@@H]1c2ccsc2CC[NH+]1CN1C(=O)NC2(CCCCC2)C1=O. The summed E-state index contributed by atoms with van der Waals surface area (Å²) in [6, 6.07) is 2.35. The summed E-state index contributed by atoms with van der Waals surface area (Å²) in [4.78, 5) is 29.6. The fourth-order valence-electron chi connectivity index (χ4n) is 4.38. The molecule has 2 N–H and O–H groups in total. The fraction of sp³-hybridized carbons (Fsp3) is 0.647. The topological polar surface area (TPSA) is 53.9 Å². The molecule has 1 unspecified atom stereocenters. The van der Waals surface area contributed by atoms with Gasteiger partial charge in [-0.2, -0.15) is 0 Å². The highest BCUT2D eigenvalue weighted by atomic mass is 32.1. The minimum atomic E-state index is -0.596. The minimum absolute atomic E-state index is 0.0121. The quantitative estimate of drug-likeness (QED) is 0.805. The van der Waals surface area contributed by atoms with Crippen molar-refractivity contribution in [2.45, 2.75) is 57.0 Å². The smallest absolute Gasteiger partial charge is 0.323 e. The summed E-state index contributed by atoms with van der Waals surface area (Å²) in [5.41, 5.74) is 0.789. The van der Waals surface area contributed by atoms with Gasteiger partial charge < -0.3 is 10.2 Å². The van der Waals surface area contributed by atoms with E-state index in [1.807, 2.05) is 11.3 Å². The third-order valence-corrected chi connectivity index (χ3v) is 6.84. The van der Waals surface area contributed by atoms with E-state index in [1.54, 1.807) is 0 Å². The molecule has 3 amide bonds. The van der Waals surface area contributed by atoms with E-state index < -0.39 is 5.54 Å². The van der Waals surface area contributed by atoms with Crippen LogP contribution in [0.1, 0.15) is 55.5 Å². The van der Waals surface area contributed by atoms with Crippen LogP contribution in [-0.4, -0.2) is 35.6 Å². The van der Waals surface area contributed by atoms with Crippen molar-refractivity contribution in [3.05, 3.63) is 21.9 Å². The van der Waals surface area contributed by atoms with Gasteiger partial charge in [0.05, 0.1) is 6.54 Å². The number of hydrogen-bond donors (Lipinski definition) is 2. The van der Waals surface area contributed by atoms with Crippen LogP contribution < -0.4 is 10.2 Å². The van der Waals surface area contributed by atoms with Crippen LogP contribution >= 0.6 is 11.3 Å². The first-order valence-electron chi connectivity index (χ1n) is 8.66. The number of fused-ring (bicyclic) bond motifs is 1. The van der Waals surface area contributed by atoms with E-state index in [4.69, 9.17) is 0 Å². The third kappa shape index (κ3) is 2.39. The second kappa shape index (κ2) is 5.60. The van der Waals surface area contributed by atoms with Gasteiger partial charge in [-0.05, 0) is 31.2 Å². The molecule has 1 aliphatic carbocycles. The van der Waals surface area contributed by atoms with Gasteiger partial charge in [0.2, 0.25) is 0 Å². The Labute approximate surface area is 140 Å². The Kier molecular flexibility index (Phi) is 3.69. The molecule has 124 valence electrons. The molecule has 6 heteroatoms. The molecule has 2 atom stereocenters. The number of imide groups is 1. The molecule has 1 saturated carbocycles. The zero-order chi connectivity index (χ0) is 16.0. The number of amides is 3. The largest absolute Gasteiger partial charge is 0.329 e. The predicted octanol–water partition coefficient (Wildman–Crippen LogP) is 1.46. The maximum absolute atomic E-state index is 12.9. The fourth-order valence-corrected chi connectivity index (χ4v) is 5.36. The summed E-state index contributed by atoms with van der Waals surface area (Å²) in [6.07, 6.45) is 5.87. The second-order valence-corrected chi connectivity index (χ2v) is 8.14. The molecule has 4 rings (SSSR count). The van der Waals surface area contributed by atoms with Crippen molar-refractivity contribution in [2.24, 2.45) is 0 Å². The number of carbonyl (C=O) groups excluding carboxylic acids is 2. The second-order valence-electron chi connectivity index (χ2n) is 7.14. The molecule has 3 aliphatic rings. The van der Waals surface area contributed by atoms with Crippen molar-refractivity contribution in [1.82, 2.24) is 10.2 Å². The zero-order valence-corrected chi connectivity index (χ0v) is 14.4. The number of hydrogen-bond acceptors (Lipinski definition) is 3. The standard InChI is InChI=1S/C17H23N3O2S/c1-12-13-6-10-23-14(13)5-9-19(12)11-20-15(21)17(18-16(20)22)7-3-2-4-8-17/h6,10,12H,2-5,7-9,11H2,1H3,(H,18,22)/p+1/t12-/m1/s1. The number of thiophene rings is 1. The number of nitrogens with one attached hydrogen (secondary N) is 2. The highest BCUT2D eigenvalue weighted by Gasteiger charge is 2.52. The van der Waals surface area contributed by atoms with Gasteiger partial charge >= 0.3 is 6.03 Å². The molecular formula is C17H24N3O2S+. The van der Waals surface area contributed by atoms with Crippen LogP contribution in [0.25, 0.3) is 0 Å². The summed E-state index contributed by atoms with van der Waals surface area (Å²) in [7, 11) is 0. The van der Waals surface area contributed by atoms with Crippen molar-refractivity contribution in [2.75, 3.05) is 13.2 Å². The first-order valence-corrected chi connectivity index (χ1v) is 9.54. The van der Waals surface area contributed by atoms with Gasteiger partial charge in [0, 0.05) is 16.9 Å². The molecular weight excluding hydrogens is 310 g/mol. The van der Waals surface area contributed by atoms with Gasteiger partial charge in [0.25, 0.3) is 5.91 Å². The molecule has 0 bridgehead atoms. The van der Waals surface area contributed by atoms with E-state index in [9.17, 15) is 9.59 Å². The van der Waals surface area contributed by atoms with Crippen LogP contribution in [0.4, 0.5) is 4.79 Å². The molecule has 0 radical (unpaired) electrons. The molecule has 2 fully saturated rings. The van der Waals surface area contributed by atoms with Crippen LogP contribution in [0, 0.1) is 0 Å². The van der Waals surface area contributed by atoms with Crippen molar-refractivity contribution < 1.29 is 14.5 Å². The third-order valence-electron chi connectivity index (χ3n) is 5.85. The lowest BCUT2D eigenvalue weighted by molar-refractivity contribution is -0.938. The number of quaternary nitrogens is 1. The van der Waals surface area contributed by atoms with E-state index in [0.717, 1.165) is 38.6 Å². The normalized spacial score (nSPS) is 29.7. The molecule has 2 aliphatic heterocycles. The molecule has 1 spiro atoms. The highest BCUT2D eigenvalue weighted by Crippen LogP contribution is 2.33. The Hall–Kier alpha value is -1.40. The monoisotopic (exact) mass is 334 g/mol. The van der Waals surface area contributed by atoms with E-state index in [-0.39, 0.29) is 11.9 Å². The van der Waals surface area contributed by atoms with Gasteiger partial charge in [0.15, 0.2) is 6.67 Å². The Morgan fingerprint density at radius 3 is 2.91 bits per heavy atom. The molecule has 23 heavy (non-hydrogen) atoms. The van der Waals surface area contributed by atoms with E-state index in [2.05, 4.69) is 23.7 Å². The highest BCUT2D eigenvalue weighted by molar-refractivity contribution is 7.10. The van der Waals surface area contributed by atoms with Gasteiger partial charge in [-0.1, -0.05) is 19.3 Å². The summed E-state index contributed by atoms with van der Waals surface area (Å²) >= 11 is 1.82. The first-order chi connectivity index (χ1) is 11.1. The van der Waals surface area contributed by atoms with E-state index >= 15 is 0 Å². The first kappa shape index (κ1) is 15.1. The Bertz CT molecular complexity index is 636. The molecule has 5 nitrogen and oxygen atoms in total. The van der Waals surface area contributed by atoms with Crippen LogP contribution in [0.3, 0.4) is 0 Å². The van der Waals surface area contributed by atoms with Crippen LogP contribution in [0.5, 0.6) is 0 Å². The van der Waals surface area contributed by atoms with Gasteiger partial charge in [0.1, 0.15) is 11.6 Å². The van der Waals surface area contributed by atoms with Gasteiger partial charge in [-0.25, -0.2) is 9.69 Å². The maximum Gasteiger partial charge on any atom is 0.329 e. The Morgan fingerprint density at radius 2 is 2.13 bits per heavy atom. The van der Waals surface area contributed by atoms with Crippen molar-refractivity contribution in [3.8, 4) is 0 Å². The molecule has 0 aromatic carbocycles. The van der Waals surface area contributed by atoms with E-state index in [0.29, 0.717) is 12.7 Å². The number of nitrogens with zero attached hydrogens (tertiary/aromatic N) is 1. The van der Waals surface area contributed by atoms with Gasteiger partial charge in [-0.15, -0.1) is 11.3 Å². The van der Waals surface area contributed by atoms with Crippen LogP contribution in [-0.2, 0) is 11.2 Å². The minimum Gasteiger partial charge on any atom is -0.323 e. The number of rotatable bonds is 2. The Balaban J connectivity index is 1.51. The Morgan fingerprint density at radius 1 is 1.35 bits per heavy atom. The lowest BCUT2D eigenvalue weighted by atomic mass is 9.82. The maximum atomic E-state index is 12.9. The van der Waals surface area contributed by atoms with Crippen molar-refractivity contribution >= 4 is 23.3 Å². The predicted molar refractivity (Wildman–Crippen MR) is 88.3 cm³/mol. The molecule has 1 saturated heterocycles. The number of carbonyl (C=O) groups is 2. The van der Waals surface area contributed by atoms with Crippen LogP contribution in [0.15, 0.2) is 11.4 Å². The lowest BCUT2D eigenvalue weighted by Gasteiger charge is -2.33. The lowest BCUT2D eigenvalue weighted by Crippen LogP contribution is -3.14. The average Bonchev–Trinajstić information content (AvgIpc) is 3.11. The van der Waals surface area contributed by atoms with Crippen molar-refractivity contribution in [3.63, 3.8) is 0 Å². The van der Waals surface area contributed by atoms with E-state index in [1.165, 1.54) is 26.7 Å². The van der Waals surface area contributed by atoms with Gasteiger partial charge in [-0.3, -0.25) is 4.79 Å². The van der Waals surface area contributed by atoms with Crippen molar-refractivity contribution in [1.29, 1.82) is 0 Å². The number of urea groups is 1. The summed E-state index contributed by atoms with van der Waals surface area (Å²) in [6.45, 7) is 3.68. The molecule has 3 heterocycles.